The normalized spacial score (nSPS) is 12.2. The molecule has 0 aliphatic heterocycles. The van der Waals surface area contributed by atoms with E-state index in [1.807, 2.05) is 0 Å². The zero-order valence-electron chi connectivity index (χ0n) is 23.3. The Hall–Kier alpha value is -5.66. The summed E-state index contributed by atoms with van der Waals surface area (Å²) in [6.07, 6.45) is 0. The Morgan fingerprint density at radius 3 is 1.63 bits per heavy atom. The van der Waals surface area contributed by atoms with Gasteiger partial charge < -0.3 is 4.42 Å². The van der Waals surface area contributed by atoms with Gasteiger partial charge in [-0.1, -0.05) is 115 Å². The molecule has 1 heteroatoms. The van der Waals surface area contributed by atoms with E-state index >= 15 is 0 Å². The second-order valence-corrected chi connectivity index (χ2v) is 11.6. The van der Waals surface area contributed by atoms with E-state index in [2.05, 4.69) is 146 Å². The van der Waals surface area contributed by atoms with Crippen LogP contribution < -0.4 is 0 Å². The van der Waals surface area contributed by atoms with Crippen LogP contribution in [-0.4, -0.2) is 0 Å². The number of fused-ring (bicyclic) bond motifs is 9. The lowest BCUT2D eigenvalue weighted by molar-refractivity contribution is 0.669. The molecule has 0 saturated heterocycles. The van der Waals surface area contributed by atoms with Crippen molar-refractivity contribution in [1.29, 1.82) is 0 Å². The van der Waals surface area contributed by atoms with Crippen molar-refractivity contribution in [3.8, 4) is 44.5 Å². The van der Waals surface area contributed by atoms with E-state index in [0.29, 0.717) is 0 Å². The fourth-order valence-electron chi connectivity index (χ4n) is 7.47. The SMILES string of the molecule is c1ccc2c(c1)-c1cccc3c(-c4ccc5oc6ccc(-c7cc8ccccc8c8ccccc78)cc6c5c4)ccc-2c13. The molecular formula is C42H24O. The average molecular weight is 545 g/mol. The lowest BCUT2D eigenvalue weighted by atomic mass is 9.92. The molecule has 0 spiro atoms. The van der Waals surface area contributed by atoms with Crippen molar-refractivity contribution >= 4 is 54.3 Å². The van der Waals surface area contributed by atoms with E-state index < -0.39 is 0 Å². The van der Waals surface area contributed by atoms with E-state index in [9.17, 15) is 0 Å². The summed E-state index contributed by atoms with van der Waals surface area (Å²) in [7, 11) is 0. The Balaban J connectivity index is 1.19. The molecule has 1 aliphatic carbocycles. The van der Waals surface area contributed by atoms with Gasteiger partial charge in [-0.25, -0.2) is 0 Å². The first-order valence-corrected chi connectivity index (χ1v) is 14.8. The third-order valence-electron chi connectivity index (χ3n) is 9.41. The minimum Gasteiger partial charge on any atom is -0.456 e. The van der Waals surface area contributed by atoms with Crippen LogP contribution in [0.1, 0.15) is 0 Å². The van der Waals surface area contributed by atoms with E-state index in [1.165, 1.54) is 76.8 Å². The first kappa shape index (κ1) is 23.0. The van der Waals surface area contributed by atoms with Crippen molar-refractivity contribution < 1.29 is 4.42 Å². The molecule has 0 N–H and O–H groups in total. The molecule has 9 aromatic rings. The summed E-state index contributed by atoms with van der Waals surface area (Å²) < 4.78 is 6.37. The summed E-state index contributed by atoms with van der Waals surface area (Å²) in [5, 5.41) is 10.0. The van der Waals surface area contributed by atoms with Crippen LogP contribution in [-0.2, 0) is 0 Å². The molecule has 0 amide bonds. The van der Waals surface area contributed by atoms with Gasteiger partial charge in [-0.15, -0.1) is 0 Å². The number of benzene rings is 8. The molecule has 0 unspecified atom stereocenters. The molecule has 0 fully saturated rings. The molecule has 1 heterocycles. The maximum Gasteiger partial charge on any atom is 0.135 e. The number of rotatable bonds is 2. The molecule has 10 rings (SSSR count). The van der Waals surface area contributed by atoms with Gasteiger partial charge >= 0.3 is 0 Å². The molecule has 0 bridgehead atoms. The zero-order chi connectivity index (χ0) is 28.1. The van der Waals surface area contributed by atoms with Gasteiger partial charge in [0, 0.05) is 10.8 Å². The third kappa shape index (κ3) is 3.17. The second kappa shape index (κ2) is 8.44. The Morgan fingerprint density at radius 1 is 0.302 bits per heavy atom. The monoisotopic (exact) mass is 544 g/mol. The molecule has 43 heavy (non-hydrogen) atoms. The minimum absolute atomic E-state index is 0.914. The van der Waals surface area contributed by atoms with E-state index in [1.54, 1.807) is 0 Å². The number of furan rings is 1. The van der Waals surface area contributed by atoms with Crippen molar-refractivity contribution in [2.24, 2.45) is 0 Å². The summed E-state index contributed by atoms with van der Waals surface area (Å²) in [5.41, 5.74) is 12.0. The first-order chi connectivity index (χ1) is 21.3. The van der Waals surface area contributed by atoms with Crippen molar-refractivity contribution in [3.63, 3.8) is 0 Å². The van der Waals surface area contributed by atoms with Gasteiger partial charge in [0.25, 0.3) is 0 Å². The highest BCUT2D eigenvalue weighted by molar-refractivity contribution is 6.19. The molecule has 1 aliphatic rings. The first-order valence-electron chi connectivity index (χ1n) is 14.8. The Labute approximate surface area is 248 Å². The fourth-order valence-corrected chi connectivity index (χ4v) is 7.47. The standard InChI is InChI=1S/C42H24O/c1-2-9-28-25(8-1)22-37(33-13-6-3-10-30(28)33)27-17-21-41-39(24-27)38-23-26(16-20-40(38)43-41)29-18-19-36-32-12-5-4-11-31(32)35-15-7-14-34(29)42(35)36/h1-24H. The van der Waals surface area contributed by atoms with Gasteiger partial charge in [-0.2, -0.15) is 0 Å². The molecule has 0 atom stereocenters. The largest absolute Gasteiger partial charge is 0.456 e. The van der Waals surface area contributed by atoms with Gasteiger partial charge in [-0.3, -0.25) is 0 Å². The Bertz CT molecular complexity index is 2590. The fraction of sp³-hybridized carbons (Fsp3) is 0. The predicted octanol–water partition coefficient (Wildman–Crippen LogP) is 12.0. The summed E-state index contributed by atoms with van der Waals surface area (Å²) in [6.45, 7) is 0. The van der Waals surface area contributed by atoms with E-state index in [4.69, 9.17) is 4.42 Å². The van der Waals surface area contributed by atoms with E-state index in [-0.39, 0.29) is 0 Å². The molecular weight excluding hydrogens is 520 g/mol. The second-order valence-electron chi connectivity index (χ2n) is 11.6. The lowest BCUT2D eigenvalue weighted by Crippen LogP contribution is -1.85. The van der Waals surface area contributed by atoms with Crippen molar-refractivity contribution in [2.45, 2.75) is 0 Å². The summed E-state index contributed by atoms with van der Waals surface area (Å²) in [4.78, 5) is 0. The van der Waals surface area contributed by atoms with Crippen LogP contribution in [0.4, 0.5) is 0 Å². The Kier molecular flexibility index (Phi) is 4.51. The van der Waals surface area contributed by atoms with Gasteiger partial charge in [0.15, 0.2) is 0 Å². The molecule has 0 radical (unpaired) electrons. The maximum atomic E-state index is 6.37. The van der Waals surface area contributed by atoms with Crippen molar-refractivity contribution in [3.05, 3.63) is 146 Å². The minimum atomic E-state index is 0.914. The molecule has 198 valence electrons. The van der Waals surface area contributed by atoms with Gasteiger partial charge in [-0.05, 0) is 107 Å². The number of hydrogen-bond acceptors (Lipinski definition) is 1. The van der Waals surface area contributed by atoms with Gasteiger partial charge in [0.1, 0.15) is 11.2 Å². The smallest absolute Gasteiger partial charge is 0.135 e. The summed E-state index contributed by atoms with van der Waals surface area (Å²) in [5.74, 6) is 0. The van der Waals surface area contributed by atoms with Crippen LogP contribution in [0.2, 0.25) is 0 Å². The lowest BCUT2D eigenvalue weighted by Gasteiger charge is -2.11. The summed E-state index contributed by atoms with van der Waals surface area (Å²) >= 11 is 0. The van der Waals surface area contributed by atoms with Crippen LogP contribution >= 0.6 is 0 Å². The van der Waals surface area contributed by atoms with Crippen LogP contribution in [0.15, 0.2) is 150 Å². The highest BCUT2D eigenvalue weighted by Gasteiger charge is 2.22. The van der Waals surface area contributed by atoms with Crippen LogP contribution in [0, 0.1) is 0 Å². The van der Waals surface area contributed by atoms with Gasteiger partial charge in [0.05, 0.1) is 0 Å². The zero-order valence-corrected chi connectivity index (χ0v) is 23.3. The van der Waals surface area contributed by atoms with Crippen LogP contribution in [0.5, 0.6) is 0 Å². The molecule has 0 saturated carbocycles. The third-order valence-corrected chi connectivity index (χ3v) is 9.41. The summed E-state index contributed by atoms with van der Waals surface area (Å²) in [6, 6.07) is 53.1. The topological polar surface area (TPSA) is 13.1 Å². The van der Waals surface area contributed by atoms with Crippen LogP contribution in [0.25, 0.3) is 98.8 Å². The number of hydrogen-bond donors (Lipinski definition) is 0. The maximum absolute atomic E-state index is 6.37. The van der Waals surface area contributed by atoms with Crippen LogP contribution in [0.3, 0.4) is 0 Å². The van der Waals surface area contributed by atoms with Crippen molar-refractivity contribution in [1.82, 2.24) is 0 Å². The molecule has 1 aromatic heterocycles. The van der Waals surface area contributed by atoms with Gasteiger partial charge in [0.2, 0.25) is 0 Å². The molecule has 8 aromatic carbocycles. The Morgan fingerprint density at radius 2 is 0.860 bits per heavy atom. The van der Waals surface area contributed by atoms with E-state index in [0.717, 1.165) is 21.9 Å². The quantitative estimate of drug-likeness (QED) is 0.197. The average Bonchev–Trinajstić information content (AvgIpc) is 3.60. The van der Waals surface area contributed by atoms with Crippen molar-refractivity contribution in [2.75, 3.05) is 0 Å². The highest BCUT2D eigenvalue weighted by Crippen LogP contribution is 2.49. The predicted molar refractivity (Wildman–Crippen MR) is 182 cm³/mol. The highest BCUT2D eigenvalue weighted by atomic mass is 16.3. The molecule has 1 nitrogen and oxygen atoms in total.